The van der Waals surface area contributed by atoms with Crippen molar-refractivity contribution in [1.29, 1.82) is 5.26 Å². The normalized spacial score (nSPS) is 10.9. The van der Waals surface area contributed by atoms with Gasteiger partial charge in [-0.05, 0) is 24.6 Å². The Hall–Kier alpha value is -1.70. The third-order valence-electron chi connectivity index (χ3n) is 1.89. The zero-order valence-electron chi connectivity index (χ0n) is 8.64. The van der Waals surface area contributed by atoms with E-state index < -0.39 is 17.3 Å². The molecule has 16 heavy (non-hydrogen) atoms. The van der Waals surface area contributed by atoms with Gasteiger partial charge in [-0.1, -0.05) is 6.92 Å². The van der Waals surface area contributed by atoms with E-state index in [4.69, 9.17) is 10.00 Å². The van der Waals surface area contributed by atoms with Crippen molar-refractivity contribution in [3.8, 4) is 11.8 Å². The van der Waals surface area contributed by atoms with Gasteiger partial charge in [-0.2, -0.15) is 18.4 Å². The lowest BCUT2D eigenvalue weighted by Gasteiger charge is -2.11. The Bertz CT molecular complexity index is 407. The number of alkyl halides is 3. The second-order valence-electron chi connectivity index (χ2n) is 3.17. The van der Waals surface area contributed by atoms with Crippen LogP contribution in [0.3, 0.4) is 0 Å². The van der Waals surface area contributed by atoms with E-state index >= 15 is 0 Å². The van der Waals surface area contributed by atoms with Crippen LogP contribution in [0.2, 0.25) is 0 Å². The zero-order chi connectivity index (χ0) is 12.2. The maximum absolute atomic E-state index is 12.5. The Morgan fingerprint density at radius 3 is 2.56 bits per heavy atom. The highest BCUT2D eigenvalue weighted by Gasteiger charge is 2.34. The molecule has 0 bridgehead atoms. The number of rotatable bonds is 3. The van der Waals surface area contributed by atoms with Crippen LogP contribution in [0.25, 0.3) is 0 Å². The zero-order valence-corrected chi connectivity index (χ0v) is 8.64. The van der Waals surface area contributed by atoms with Gasteiger partial charge in [0.1, 0.15) is 5.75 Å². The van der Waals surface area contributed by atoms with Gasteiger partial charge in [-0.15, -0.1) is 0 Å². The number of ether oxygens (including phenoxy) is 1. The van der Waals surface area contributed by atoms with Gasteiger partial charge in [-0.25, -0.2) is 0 Å². The highest BCUT2D eigenvalue weighted by Crippen LogP contribution is 2.34. The van der Waals surface area contributed by atoms with Gasteiger partial charge >= 0.3 is 6.18 Å². The van der Waals surface area contributed by atoms with Gasteiger partial charge in [0.25, 0.3) is 0 Å². The van der Waals surface area contributed by atoms with Crippen LogP contribution in [-0.2, 0) is 6.18 Å². The first-order valence-electron chi connectivity index (χ1n) is 4.73. The minimum atomic E-state index is -4.53. The van der Waals surface area contributed by atoms with Gasteiger partial charge in [0.2, 0.25) is 0 Å². The van der Waals surface area contributed by atoms with E-state index in [0.717, 1.165) is 12.1 Å². The van der Waals surface area contributed by atoms with Crippen LogP contribution in [-0.4, -0.2) is 6.61 Å². The van der Waals surface area contributed by atoms with Crippen molar-refractivity contribution in [2.24, 2.45) is 0 Å². The van der Waals surface area contributed by atoms with Crippen molar-refractivity contribution in [3.05, 3.63) is 29.3 Å². The third kappa shape index (κ3) is 2.89. The summed E-state index contributed by atoms with van der Waals surface area (Å²) in [5.41, 5.74) is -1.35. The molecule has 0 aliphatic carbocycles. The van der Waals surface area contributed by atoms with Crippen molar-refractivity contribution < 1.29 is 17.9 Å². The monoisotopic (exact) mass is 229 g/mol. The van der Waals surface area contributed by atoms with Gasteiger partial charge in [-0.3, -0.25) is 0 Å². The average Bonchev–Trinajstić information content (AvgIpc) is 2.24. The lowest BCUT2D eigenvalue weighted by Crippen LogP contribution is -2.08. The fourth-order valence-corrected chi connectivity index (χ4v) is 1.17. The molecule has 0 atom stereocenters. The summed E-state index contributed by atoms with van der Waals surface area (Å²) >= 11 is 0. The van der Waals surface area contributed by atoms with Crippen LogP contribution in [0.15, 0.2) is 18.2 Å². The molecule has 0 aromatic heterocycles. The smallest absolute Gasteiger partial charge is 0.417 e. The first kappa shape index (κ1) is 12.4. The molecule has 0 unspecified atom stereocenters. The molecule has 0 spiro atoms. The average molecular weight is 229 g/mol. The summed E-state index contributed by atoms with van der Waals surface area (Å²) in [7, 11) is 0. The van der Waals surface area contributed by atoms with Crippen molar-refractivity contribution in [2.45, 2.75) is 19.5 Å². The Morgan fingerprint density at radius 2 is 2.06 bits per heavy atom. The first-order chi connectivity index (χ1) is 7.49. The lowest BCUT2D eigenvalue weighted by molar-refractivity contribution is -0.137. The number of halogens is 3. The molecule has 0 aliphatic heterocycles. The molecule has 0 amide bonds. The molecule has 0 fully saturated rings. The van der Waals surface area contributed by atoms with E-state index in [9.17, 15) is 13.2 Å². The second-order valence-corrected chi connectivity index (χ2v) is 3.17. The predicted octanol–water partition coefficient (Wildman–Crippen LogP) is 3.37. The SMILES string of the molecule is CCCOc1ccc(C#N)c(C(F)(F)F)c1. The van der Waals surface area contributed by atoms with Crippen LogP contribution >= 0.6 is 0 Å². The molecule has 1 aromatic carbocycles. The van der Waals surface area contributed by atoms with Crippen molar-refractivity contribution in [3.63, 3.8) is 0 Å². The van der Waals surface area contributed by atoms with E-state index in [0.29, 0.717) is 13.0 Å². The van der Waals surface area contributed by atoms with E-state index in [1.54, 1.807) is 0 Å². The minimum absolute atomic E-state index is 0.133. The summed E-state index contributed by atoms with van der Waals surface area (Å²) in [5.74, 6) is 0.133. The Labute approximate surface area is 91.3 Å². The summed E-state index contributed by atoms with van der Waals surface area (Å²) in [6, 6.07) is 4.85. The van der Waals surface area contributed by atoms with Crippen LogP contribution < -0.4 is 4.74 Å². The summed E-state index contributed by atoms with van der Waals surface area (Å²) < 4.78 is 42.7. The van der Waals surface area contributed by atoms with Gasteiger partial charge in [0.15, 0.2) is 0 Å². The molecule has 0 heterocycles. The molecule has 2 nitrogen and oxygen atoms in total. The highest BCUT2D eigenvalue weighted by atomic mass is 19.4. The maximum atomic E-state index is 12.5. The summed E-state index contributed by atoms with van der Waals surface area (Å²) in [5, 5.41) is 8.56. The van der Waals surface area contributed by atoms with Crippen LogP contribution in [0.4, 0.5) is 13.2 Å². The third-order valence-corrected chi connectivity index (χ3v) is 1.89. The van der Waals surface area contributed by atoms with Crippen molar-refractivity contribution >= 4 is 0 Å². The molecular formula is C11H10F3NO. The molecular weight excluding hydrogens is 219 g/mol. The molecule has 5 heteroatoms. The van der Waals surface area contributed by atoms with Crippen molar-refractivity contribution in [1.82, 2.24) is 0 Å². The Kier molecular flexibility index (Phi) is 3.78. The molecule has 0 N–H and O–H groups in total. The number of nitriles is 1. The number of benzene rings is 1. The largest absolute Gasteiger partial charge is 0.494 e. The fraction of sp³-hybridized carbons (Fsp3) is 0.364. The molecule has 1 rings (SSSR count). The van der Waals surface area contributed by atoms with Gasteiger partial charge in [0, 0.05) is 0 Å². The molecule has 0 saturated heterocycles. The fourth-order valence-electron chi connectivity index (χ4n) is 1.17. The summed E-state index contributed by atoms with van der Waals surface area (Å²) in [6.07, 6.45) is -3.82. The number of hydrogen-bond acceptors (Lipinski definition) is 2. The lowest BCUT2D eigenvalue weighted by atomic mass is 10.1. The predicted molar refractivity (Wildman–Crippen MR) is 51.9 cm³/mol. The van der Waals surface area contributed by atoms with Crippen LogP contribution in [0.1, 0.15) is 24.5 Å². The molecule has 1 aromatic rings. The van der Waals surface area contributed by atoms with E-state index in [2.05, 4.69) is 0 Å². The van der Waals surface area contributed by atoms with Crippen LogP contribution in [0.5, 0.6) is 5.75 Å². The van der Waals surface area contributed by atoms with Crippen LogP contribution in [0, 0.1) is 11.3 Å². The minimum Gasteiger partial charge on any atom is -0.494 e. The first-order valence-corrected chi connectivity index (χ1v) is 4.73. The second kappa shape index (κ2) is 4.88. The van der Waals surface area contributed by atoms with Gasteiger partial charge < -0.3 is 4.74 Å². The summed E-state index contributed by atoms with van der Waals surface area (Å²) in [6.45, 7) is 2.21. The van der Waals surface area contributed by atoms with Gasteiger partial charge in [0.05, 0.1) is 23.8 Å². The Balaban J connectivity index is 3.08. The topological polar surface area (TPSA) is 33.0 Å². The van der Waals surface area contributed by atoms with E-state index in [1.807, 2.05) is 6.92 Å². The number of nitrogens with zero attached hydrogens (tertiary/aromatic N) is 1. The molecule has 0 aliphatic rings. The molecule has 86 valence electrons. The quantitative estimate of drug-likeness (QED) is 0.796. The maximum Gasteiger partial charge on any atom is 0.417 e. The summed E-state index contributed by atoms with van der Waals surface area (Å²) in [4.78, 5) is 0. The standard InChI is InChI=1S/C11H10F3NO/c1-2-5-16-9-4-3-8(7-15)10(6-9)11(12,13)14/h3-4,6H,2,5H2,1H3. The number of hydrogen-bond donors (Lipinski definition) is 0. The Morgan fingerprint density at radius 1 is 1.38 bits per heavy atom. The molecule has 0 radical (unpaired) electrons. The highest BCUT2D eigenvalue weighted by molar-refractivity contribution is 5.44. The van der Waals surface area contributed by atoms with Crippen molar-refractivity contribution in [2.75, 3.05) is 6.61 Å². The van der Waals surface area contributed by atoms with E-state index in [-0.39, 0.29) is 5.75 Å². The van der Waals surface area contributed by atoms with E-state index in [1.165, 1.54) is 12.1 Å². The molecule has 0 saturated carbocycles.